The lowest BCUT2D eigenvalue weighted by molar-refractivity contribution is 0.257. The molecule has 0 saturated heterocycles. The van der Waals surface area contributed by atoms with Gasteiger partial charge in [-0.15, -0.1) is 0 Å². The Morgan fingerprint density at radius 2 is 2.05 bits per heavy atom. The van der Waals surface area contributed by atoms with E-state index in [1.165, 1.54) is 30.2 Å². The maximum Gasteiger partial charge on any atom is 0.134 e. The molecule has 0 aliphatic heterocycles. The topological polar surface area (TPSA) is 28.4 Å². The monoisotopic (exact) mass is 286 g/mol. The van der Waals surface area contributed by atoms with Crippen LogP contribution in [0.25, 0.3) is 11.0 Å². The van der Waals surface area contributed by atoms with E-state index >= 15 is 0 Å². The maximum atomic E-state index is 6.15. The van der Waals surface area contributed by atoms with Crippen LogP contribution in [-0.2, 0) is 13.1 Å². The van der Waals surface area contributed by atoms with Gasteiger partial charge in [0, 0.05) is 23.5 Å². The van der Waals surface area contributed by atoms with Gasteiger partial charge in [0.1, 0.15) is 11.3 Å². The molecule has 3 nitrogen and oxygen atoms in total. The average molecular weight is 286 g/mol. The Kier molecular flexibility index (Phi) is 4.61. The van der Waals surface area contributed by atoms with Crippen molar-refractivity contribution in [2.45, 2.75) is 52.2 Å². The minimum absolute atomic E-state index is 0.726. The first-order chi connectivity index (χ1) is 10.3. The van der Waals surface area contributed by atoms with E-state index in [4.69, 9.17) is 4.42 Å². The summed E-state index contributed by atoms with van der Waals surface area (Å²) in [4.78, 5) is 2.46. The fourth-order valence-corrected chi connectivity index (χ4v) is 2.87. The minimum Gasteiger partial charge on any atom is -0.459 e. The molecule has 1 aromatic heterocycles. The molecule has 0 unspecified atom stereocenters. The Hall–Kier alpha value is -1.32. The van der Waals surface area contributed by atoms with Crippen molar-refractivity contribution in [1.82, 2.24) is 10.2 Å². The van der Waals surface area contributed by atoms with Crippen LogP contribution in [-0.4, -0.2) is 24.0 Å². The van der Waals surface area contributed by atoms with Crippen molar-refractivity contribution < 1.29 is 4.42 Å². The molecule has 1 fully saturated rings. The number of benzene rings is 1. The van der Waals surface area contributed by atoms with E-state index in [1.807, 2.05) is 0 Å². The first kappa shape index (κ1) is 14.6. The lowest BCUT2D eigenvalue weighted by atomic mass is 10.1. The summed E-state index contributed by atoms with van der Waals surface area (Å²) in [5.74, 6) is 1.14. The van der Waals surface area contributed by atoms with Gasteiger partial charge in [0.15, 0.2) is 0 Å². The third kappa shape index (κ3) is 3.47. The molecule has 114 valence electrons. The van der Waals surface area contributed by atoms with E-state index in [1.54, 1.807) is 0 Å². The molecule has 21 heavy (non-hydrogen) atoms. The van der Waals surface area contributed by atoms with Gasteiger partial charge in [-0.25, -0.2) is 0 Å². The number of rotatable bonds is 8. The number of fused-ring (bicyclic) bond motifs is 1. The van der Waals surface area contributed by atoms with Gasteiger partial charge in [0.2, 0.25) is 0 Å². The molecule has 1 saturated carbocycles. The summed E-state index contributed by atoms with van der Waals surface area (Å²) in [5, 5.41) is 4.91. The van der Waals surface area contributed by atoms with Gasteiger partial charge in [0.05, 0.1) is 6.54 Å². The van der Waals surface area contributed by atoms with E-state index in [0.717, 1.165) is 43.6 Å². The van der Waals surface area contributed by atoms with E-state index in [9.17, 15) is 0 Å². The first-order valence-electron chi connectivity index (χ1n) is 8.26. The van der Waals surface area contributed by atoms with Crippen molar-refractivity contribution in [2.24, 2.45) is 0 Å². The number of hydrogen-bond donors (Lipinski definition) is 1. The lowest BCUT2D eigenvalue weighted by Gasteiger charge is -2.18. The number of para-hydroxylation sites is 1. The van der Waals surface area contributed by atoms with Crippen LogP contribution in [0.1, 0.15) is 44.4 Å². The molecule has 1 N–H and O–H groups in total. The highest BCUT2D eigenvalue weighted by atomic mass is 16.3. The average Bonchev–Trinajstić information content (AvgIpc) is 3.26. The summed E-state index contributed by atoms with van der Waals surface area (Å²) in [6, 6.07) is 9.14. The van der Waals surface area contributed by atoms with Crippen LogP contribution in [0.5, 0.6) is 0 Å². The number of nitrogens with zero attached hydrogens (tertiary/aromatic N) is 1. The Morgan fingerprint density at radius 3 is 2.76 bits per heavy atom. The molecule has 0 amide bonds. The summed E-state index contributed by atoms with van der Waals surface area (Å²) in [7, 11) is 0. The third-order valence-electron chi connectivity index (χ3n) is 4.28. The molecule has 3 heteroatoms. The standard InChI is InChI=1S/C18H26N2O/c1-3-11-20(4-2)13-18-16(12-19-14-9-10-14)15-7-5-6-8-17(15)21-18/h5-8,14,19H,3-4,9-13H2,1-2H3. The molecule has 1 aliphatic carbocycles. The second-order valence-corrected chi connectivity index (χ2v) is 6.02. The Bertz CT molecular complexity index is 586. The molecule has 2 aromatic rings. The molecule has 3 rings (SSSR count). The second-order valence-electron chi connectivity index (χ2n) is 6.02. The molecule has 1 heterocycles. The minimum atomic E-state index is 0.726. The SMILES string of the molecule is CCCN(CC)Cc1oc2ccccc2c1CNC1CC1. The molecule has 0 radical (unpaired) electrons. The van der Waals surface area contributed by atoms with Crippen LogP contribution >= 0.6 is 0 Å². The van der Waals surface area contributed by atoms with Crippen molar-refractivity contribution in [2.75, 3.05) is 13.1 Å². The van der Waals surface area contributed by atoms with Gasteiger partial charge in [-0.2, -0.15) is 0 Å². The summed E-state index contributed by atoms with van der Waals surface area (Å²) < 4.78 is 6.15. The van der Waals surface area contributed by atoms with E-state index in [-0.39, 0.29) is 0 Å². The smallest absolute Gasteiger partial charge is 0.134 e. The highest BCUT2D eigenvalue weighted by Gasteiger charge is 2.22. The molecule has 1 aliphatic rings. The summed E-state index contributed by atoms with van der Waals surface area (Å²) in [6.45, 7) is 8.50. The lowest BCUT2D eigenvalue weighted by Crippen LogP contribution is -2.24. The quantitative estimate of drug-likeness (QED) is 0.797. The molecular weight excluding hydrogens is 260 g/mol. The van der Waals surface area contributed by atoms with E-state index in [0.29, 0.717) is 0 Å². The highest BCUT2D eigenvalue weighted by Crippen LogP contribution is 2.28. The van der Waals surface area contributed by atoms with Crippen LogP contribution in [0.3, 0.4) is 0 Å². The fourth-order valence-electron chi connectivity index (χ4n) is 2.87. The van der Waals surface area contributed by atoms with Crippen LogP contribution in [0.15, 0.2) is 28.7 Å². The zero-order valence-corrected chi connectivity index (χ0v) is 13.2. The van der Waals surface area contributed by atoms with Crippen LogP contribution < -0.4 is 5.32 Å². The van der Waals surface area contributed by atoms with Gasteiger partial charge in [-0.3, -0.25) is 4.90 Å². The number of hydrogen-bond acceptors (Lipinski definition) is 3. The molecule has 0 atom stereocenters. The van der Waals surface area contributed by atoms with Gasteiger partial charge in [-0.05, 0) is 38.4 Å². The van der Waals surface area contributed by atoms with Crippen molar-refractivity contribution in [3.05, 3.63) is 35.6 Å². The molecular formula is C18H26N2O. The van der Waals surface area contributed by atoms with Crippen molar-refractivity contribution in [3.8, 4) is 0 Å². The Morgan fingerprint density at radius 1 is 1.24 bits per heavy atom. The van der Waals surface area contributed by atoms with Crippen LogP contribution in [0.2, 0.25) is 0 Å². The highest BCUT2D eigenvalue weighted by molar-refractivity contribution is 5.82. The summed E-state index contributed by atoms with van der Waals surface area (Å²) in [6.07, 6.45) is 3.83. The van der Waals surface area contributed by atoms with Gasteiger partial charge in [0.25, 0.3) is 0 Å². The fraction of sp³-hybridized carbons (Fsp3) is 0.556. The summed E-state index contributed by atoms with van der Waals surface area (Å²) in [5.41, 5.74) is 2.37. The van der Waals surface area contributed by atoms with Crippen molar-refractivity contribution in [3.63, 3.8) is 0 Å². The largest absolute Gasteiger partial charge is 0.459 e. The number of nitrogens with one attached hydrogen (secondary N) is 1. The van der Waals surface area contributed by atoms with Crippen molar-refractivity contribution >= 4 is 11.0 Å². The van der Waals surface area contributed by atoms with Gasteiger partial charge >= 0.3 is 0 Å². The zero-order chi connectivity index (χ0) is 14.7. The second kappa shape index (κ2) is 6.63. The van der Waals surface area contributed by atoms with E-state index < -0.39 is 0 Å². The molecule has 1 aromatic carbocycles. The molecule has 0 spiro atoms. The van der Waals surface area contributed by atoms with Crippen LogP contribution in [0.4, 0.5) is 0 Å². The third-order valence-corrected chi connectivity index (χ3v) is 4.28. The predicted molar refractivity (Wildman–Crippen MR) is 87.3 cm³/mol. The maximum absolute atomic E-state index is 6.15. The first-order valence-corrected chi connectivity index (χ1v) is 8.26. The summed E-state index contributed by atoms with van der Waals surface area (Å²) >= 11 is 0. The Labute approximate surface area is 127 Å². The normalized spacial score (nSPS) is 15.2. The van der Waals surface area contributed by atoms with Crippen molar-refractivity contribution in [1.29, 1.82) is 0 Å². The molecule has 0 bridgehead atoms. The van der Waals surface area contributed by atoms with Gasteiger partial charge in [-0.1, -0.05) is 32.0 Å². The number of furan rings is 1. The van der Waals surface area contributed by atoms with Gasteiger partial charge < -0.3 is 9.73 Å². The van der Waals surface area contributed by atoms with E-state index in [2.05, 4.69) is 48.3 Å². The van der Waals surface area contributed by atoms with Crippen LogP contribution in [0, 0.1) is 0 Å². The Balaban J connectivity index is 1.85. The zero-order valence-electron chi connectivity index (χ0n) is 13.2. The predicted octanol–water partition coefficient (Wildman–Crippen LogP) is 3.92.